The number of aromatic nitrogens is 1. The van der Waals surface area contributed by atoms with Gasteiger partial charge < -0.3 is 10.6 Å². The number of nitrogens with zero attached hydrogens (tertiary/aromatic N) is 2. The van der Waals surface area contributed by atoms with E-state index in [1.807, 2.05) is 6.92 Å². The molecular weight excluding hydrogens is 329 g/mol. The van der Waals surface area contributed by atoms with Crippen LogP contribution >= 0.6 is 11.3 Å². The van der Waals surface area contributed by atoms with Crippen LogP contribution in [0.5, 0.6) is 0 Å². The van der Waals surface area contributed by atoms with Gasteiger partial charge in [0.05, 0.1) is 9.88 Å². The van der Waals surface area contributed by atoms with Gasteiger partial charge in [0.25, 0.3) is 5.91 Å². The second kappa shape index (κ2) is 6.68. The molecule has 1 unspecified atom stereocenters. The summed E-state index contributed by atoms with van der Waals surface area (Å²) in [5.74, 6) is -1.11. The molecular formula is C17H18FN3O2S. The number of carbonyl (C=O) groups is 2. The van der Waals surface area contributed by atoms with Crippen molar-refractivity contribution in [3.63, 3.8) is 0 Å². The first-order chi connectivity index (χ1) is 11.5. The molecule has 1 aliphatic rings. The van der Waals surface area contributed by atoms with Crippen LogP contribution in [0, 0.1) is 12.7 Å². The summed E-state index contributed by atoms with van der Waals surface area (Å²) in [6.07, 6.45) is 2.29. The molecule has 1 aliphatic heterocycles. The molecule has 2 N–H and O–H groups in total. The van der Waals surface area contributed by atoms with Crippen molar-refractivity contribution >= 4 is 23.2 Å². The Morgan fingerprint density at radius 2 is 2.00 bits per heavy atom. The smallest absolute Gasteiger partial charge is 0.274 e. The third-order valence-electron chi connectivity index (χ3n) is 4.14. The van der Waals surface area contributed by atoms with Crippen molar-refractivity contribution in [1.82, 2.24) is 9.88 Å². The Hall–Kier alpha value is -2.28. The molecule has 2 aromatic rings. The van der Waals surface area contributed by atoms with E-state index in [-0.39, 0.29) is 11.7 Å². The lowest BCUT2D eigenvalue weighted by atomic mass is 10.0. The monoisotopic (exact) mass is 347 g/mol. The molecule has 1 fully saturated rings. The summed E-state index contributed by atoms with van der Waals surface area (Å²) >= 11 is 1.38. The molecule has 2 heterocycles. The minimum absolute atomic E-state index is 0.290. The van der Waals surface area contributed by atoms with Crippen LogP contribution in [0.25, 0.3) is 10.4 Å². The molecule has 2 amide bonds. The van der Waals surface area contributed by atoms with Gasteiger partial charge in [0, 0.05) is 6.54 Å². The minimum Gasteiger partial charge on any atom is -0.368 e. The predicted octanol–water partition coefficient (Wildman–Crippen LogP) is 2.74. The number of carbonyl (C=O) groups excluding carboxylic acids is 2. The number of halogens is 1. The number of benzene rings is 1. The molecule has 1 aromatic heterocycles. The van der Waals surface area contributed by atoms with Crippen LogP contribution in [0.15, 0.2) is 24.3 Å². The Morgan fingerprint density at radius 1 is 1.29 bits per heavy atom. The van der Waals surface area contributed by atoms with Crippen LogP contribution in [0.3, 0.4) is 0 Å². The first-order valence-corrected chi connectivity index (χ1v) is 8.62. The molecule has 1 atom stereocenters. The summed E-state index contributed by atoms with van der Waals surface area (Å²) in [7, 11) is 0. The molecule has 0 radical (unpaired) electrons. The molecule has 7 heteroatoms. The second-order valence-corrected chi connectivity index (χ2v) is 7.03. The molecule has 1 saturated heterocycles. The van der Waals surface area contributed by atoms with E-state index >= 15 is 0 Å². The van der Waals surface area contributed by atoms with Gasteiger partial charge in [-0.25, -0.2) is 9.37 Å². The lowest BCUT2D eigenvalue weighted by molar-refractivity contribution is -0.123. The van der Waals surface area contributed by atoms with E-state index in [0.717, 1.165) is 23.4 Å². The standard InChI is InChI=1S/C17H18FN3O2S/c1-10-20-14(15(24-10)11-5-7-12(18)8-6-11)17(23)21-9-3-2-4-13(21)16(19)22/h5-8,13H,2-4,9H2,1H3,(H2,19,22). The van der Waals surface area contributed by atoms with Crippen molar-refractivity contribution in [2.75, 3.05) is 6.54 Å². The molecule has 0 aliphatic carbocycles. The van der Waals surface area contributed by atoms with Gasteiger partial charge in [0.15, 0.2) is 0 Å². The lowest BCUT2D eigenvalue weighted by Gasteiger charge is -2.33. The number of hydrogen-bond acceptors (Lipinski definition) is 4. The average Bonchev–Trinajstić information content (AvgIpc) is 2.96. The molecule has 0 spiro atoms. The maximum Gasteiger partial charge on any atom is 0.274 e. The van der Waals surface area contributed by atoms with Crippen molar-refractivity contribution in [1.29, 1.82) is 0 Å². The van der Waals surface area contributed by atoms with Gasteiger partial charge in [-0.1, -0.05) is 12.1 Å². The second-order valence-electron chi connectivity index (χ2n) is 5.83. The number of likely N-dealkylation sites (tertiary alicyclic amines) is 1. The first kappa shape index (κ1) is 16.6. The summed E-state index contributed by atoms with van der Waals surface area (Å²) in [6, 6.07) is 5.37. The van der Waals surface area contributed by atoms with Gasteiger partial charge in [-0.3, -0.25) is 9.59 Å². The number of thiazole rings is 1. The quantitative estimate of drug-likeness (QED) is 0.927. The van der Waals surface area contributed by atoms with Crippen LogP contribution in [0.1, 0.15) is 34.8 Å². The topological polar surface area (TPSA) is 76.3 Å². The van der Waals surface area contributed by atoms with Gasteiger partial charge in [-0.2, -0.15) is 0 Å². The van der Waals surface area contributed by atoms with Crippen molar-refractivity contribution in [3.8, 4) is 10.4 Å². The summed E-state index contributed by atoms with van der Waals surface area (Å²) in [5, 5.41) is 0.741. The Labute approximate surface area is 143 Å². The lowest BCUT2D eigenvalue weighted by Crippen LogP contribution is -2.50. The maximum atomic E-state index is 13.2. The molecule has 0 saturated carbocycles. The summed E-state index contributed by atoms with van der Waals surface area (Å²) in [5.41, 5.74) is 6.49. The number of aryl methyl sites for hydroxylation is 1. The van der Waals surface area contributed by atoms with Crippen molar-refractivity contribution in [2.45, 2.75) is 32.2 Å². The van der Waals surface area contributed by atoms with Crippen molar-refractivity contribution in [3.05, 3.63) is 40.8 Å². The Bertz CT molecular complexity index is 773. The fourth-order valence-electron chi connectivity index (χ4n) is 2.98. The highest BCUT2D eigenvalue weighted by atomic mass is 32.1. The summed E-state index contributed by atoms with van der Waals surface area (Å²) < 4.78 is 13.2. The first-order valence-electron chi connectivity index (χ1n) is 7.81. The largest absolute Gasteiger partial charge is 0.368 e. The zero-order valence-corrected chi connectivity index (χ0v) is 14.1. The third-order valence-corrected chi connectivity index (χ3v) is 5.16. The highest BCUT2D eigenvalue weighted by molar-refractivity contribution is 7.15. The fourth-order valence-corrected chi connectivity index (χ4v) is 3.89. The van der Waals surface area contributed by atoms with Crippen molar-refractivity contribution in [2.24, 2.45) is 5.73 Å². The van der Waals surface area contributed by atoms with Gasteiger partial charge in [-0.05, 0) is 43.9 Å². The van der Waals surface area contributed by atoms with E-state index < -0.39 is 11.9 Å². The van der Waals surface area contributed by atoms with Crippen LogP contribution in [0.4, 0.5) is 4.39 Å². The number of amides is 2. The Balaban J connectivity index is 1.98. The number of rotatable bonds is 3. The number of primary amides is 1. The van der Waals surface area contributed by atoms with Gasteiger partial charge in [-0.15, -0.1) is 11.3 Å². The molecule has 0 bridgehead atoms. The number of hydrogen-bond donors (Lipinski definition) is 1. The van der Waals surface area contributed by atoms with Crippen LogP contribution in [0.2, 0.25) is 0 Å². The molecule has 126 valence electrons. The molecule has 24 heavy (non-hydrogen) atoms. The number of piperidine rings is 1. The highest BCUT2D eigenvalue weighted by Gasteiger charge is 2.33. The van der Waals surface area contributed by atoms with Gasteiger partial charge in [0.2, 0.25) is 5.91 Å². The molecule has 5 nitrogen and oxygen atoms in total. The van der Waals surface area contributed by atoms with Crippen molar-refractivity contribution < 1.29 is 14.0 Å². The SMILES string of the molecule is Cc1nc(C(=O)N2CCCCC2C(N)=O)c(-c2ccc(F)cc2)s1. The fraction of sp³-hybridized carbons (Fsp3) is 0.353. The zero-order chi connectivity index (χ0) is 17.3. The van der Waals surface area contributed by atoms with Gasteiger partial charge in [0.1, 0.15) is 17.6 Å². The van der Waals surface area contributed by atoms with E-state index in [9.17, 15) is 14.0 Å². The Morgan fingerprint density at radius 3 is 2.67 bits per heavy atom. The third kappa shape index (κ3) is 3.17. The molecule has 3 rings (SSSR count). The molecule has 1 aromatic carbocycles. The summed E-state index contributed by atoms with van der Waals surface area (Å²) in [6.45, 7) is 2.31. The number of nitrogens with two attached hydrogens (primary N) is 1. The van der Waals surface area contributed by atoms with E-state index in [1.165, 1.54) is 28.4 Å². The predicted molar refractivity (Wildman–Crippen MR) is 90.1 cm³/mol. The van der Waals surface area contributed by atoms with Gasteiger partial charge >= 0.3 is 0 Å². The highest BCUT2D eigenvalue weighted by Crippen LogP contribution is 2.32. The maximum absolute atomic E-state index is 13.2. The van der Waals surface area contributed by atoms with E-state index in [4.69, 9.17) is 5.73 Å². The van der Waals surface area contributed by atoms with E-state index in [0.29, 0.717) is 23.5 Å². The van der Waals surface area contributed by atoms with Crippen LogP contribution in [-0.4, -0.2) is 34.3 Å². The van der Waals surface area contributed by atoms with E-state index in [1.54, 1.807) is 12.1 Å². The van der Waals surface area contributed by atoms with Crippen LogP contribution < -0.4 is 5.73 Å². The zero-order valence-electron chi connectivity index (χ0n) is 13.3. The summed E-state index contributed by atoms with van der Waals surface area (Å²) in [4.78, 5) is 31.2. The Kier molecular flexibility index (Phi) is 4.62. The normalized spacial score (nSPS) is 17.8. The van der Waals surface area contributed by atoms with E-state index in [2.05, 4.69) is 4.98 Å². The minimum atomic E-state index is -0.589. The van der Waals surface area contributed by atoms with Crippen LogP contribution in [-0.2, 0) is 4.79 Å². The average molecular weight is 347 g/mol.